The van der Waals surface area contributed by atoms with E-state index >= 15 is 0 Å². The van der Waals surface area contributed by atoms with Gasteiger partial charge in [-0.3, -0.25) is 14.5 Å². The molecule has 1 fully saturated rings. The van der Waals surface area contributed by atoms with E-state index in [1.54, 1.807) is 0 Å². The summed E-state index contributed by atoms with van der Waals surface area (Å²) in [6.45, 7) is 4.46. The first-order valence-electron chi connectivity index (χ1n) is 12.3. The van der Waals surface area contributed by atoms with Crippen molar-refractivity contribution in [3.63, 3.8) is 0 Å². The number of imidazole rings is 1. The topological polar surface area (TPSA) is 122 Å². The number of halogens is 1. The molecule has 2 amide bonds. The third kappa shape index (κ3) is 7.83. The second-order valence-electron chi connectivity index (χ2n) is 9.23. The van der Waals surface area contributed by atoms with Crippen LogP contribution in [0.1, 0.15) is 42.6 Å². The van der Waals surface area contributed by atoms with Gasteiger partial charge in [-0.25, -0.2) is 18.7 Å². The number of nitrogens with zero attached hydrogens (tertiary/aromatic N) is 3. The van der Waals surface area contributed by atoms with Crippen LogP contribution in [0.3, 0.4) is 0 Å². The molecule has 0 saturated carbocycles. The molecule has 1 aliphatic heterocycles. The van der Waals surface area contributed by atoms with E-state index in [0.717, 1.165) is 22.1 Å². The van der Waals surface area contributed by atoms with E-state index in [-0.39, 0.29) is 48.0 Å². The number of nitrogens with one attached hydrogen (secondary N) is 1. The molecule has 2 unspecified atom stereocenters. The lowest BCUT2D eigenvalue weighted by Crippen LogP contribution is -3.00. The lowest BCUT2D eigenvalue weighted by molar-refractivity contribution is -0.715. The molecular weight excluding hydrogens is 576 g/mol. The van der Waals surface area contributed by atoms with Gasteiger partial charge in [-0.05, 0) is 36.6 Å². The van der Waals surface area contributed by atoms with Gasteiger partial charge in [0.2, 0.25) is 5.91 Å². The first-order valence-corrected chi connectivity index (χ1v) is 13.3. The fourth-order valence-corrected chi connectivity index (χ4v) is 5.39. The number of aromatic nitrogens is 2. The fourth-order valence-electron chi connectivity index (χ4n) is 4.30. The monoisotopic (exact) mass is 610 g/mol. The van der Waals surface area contributed by atoms with Crippen molar-refractivity contribution in [1.29, 1.82) is 0 Å². The van der Waals surface area contributed by atoms with Gasteiger partial charge in [-0.1, -0.05) is 30.3 Å². The van der Waals surface area contributed by atoms with Gasteiger partial charge in [0, 0.05) is 26.8 Å². The number of benzene rings is 1. The van der Waals surface area contributed by atoms with Gasteiger partial charge in [-0.2, -0.15) is 0 Å². The van der Waals surface area contributed by atoms with Crippen LogP contribution < -0.4 is 26.9 Å². The van der Waals surface area contributed by atoms with Crippen molar-refractivity contribution in [2.75, 3.05) is 12.3 Å². The Labute approximate surface area is 237 Å². The smallest absolute Gasteiger partial charge is 0.410 e. The fraction of sp³-hybridized carbons (Fsp3) is 0.500. The summed E-state index contributed by atoms with van der Waals surface area (Å²) in [7, 11) is 3.88. The van der Waals surface area contributed by atoms with Crippen molar-refractivity contribution in [3.05, 3.63) is 47.3 Å². The molecule has 12 heteroatoms. The predicted octanol–water partition coefficient (Wildman–Crippen LogP) is -0.718. The van der Waals surface area contributed by atoms with Crippen molar-refractivity contribution in [2.45, 2.75) is 63.4 Å². The Kier molecular flexibility index (Phi) is 11.8. The molecule has 0 aliphatic carbocycles. The van der Waals surface area contributed by atoms with E-state index < -0.39 is 30.1 Å². The third-order valence-corrected chi connectivity index (χ3v) is 8.06. The Morgan fingerprint density at radius 3 is 2.50 bits per heavy atom. The molecule has 3 rings (SSSR count). The molecule has 2 aromatic rings. The van der Waals surface area contributed by atoms with Crippen molar-refractivity contribution >= 4 is 35.5 Å². The number of ketones is 1. The normalized spacial score (nSPS) is 15.5. The molecular formula is C26H35BrN4O6S. The second-order valence-corrected chi connectivity index (χ2v) is 10.2. The summed E-state index contributed by atoms with van der Waals surface area (Å²) < 4.78 is 9.39. The standard InChI is InChI=1S/C26H34N4O6S.BrH/c1-17-18(2)29(4)25(28(17)3)37-16-20(31)12-13-21(24(33)34)27-23(32)22-11-8-14-30(22)26(35)36-15-19-9-6-5-7-10-19;/h5-7,9-10,21-22H,8,11-16H2,1-4H3,(H-,27,32,33,34);1H. The van der Waals surface area contributed by atoms with Crippen molar-refractivity contribution in [3.8, 4) is 0 Å². The summed E-state index contributed by atoms with van der Waals surface area (Å²) in [6.07, 6.45) is 0.412. The number of Topliss-reactive ketones (excluding diaryl/α,β-unsaturated/α-hetero) is 1. The number of carboxylic acids is 1. The SMILES string of the molecule is Cc1c(C)[n+](C)c(SCC(=O)CCC(NC(=O)C2CCCN2C(=O)OCc2ccccc2)C(=O)O)n1C.[Br-]. The van der Waals surface area contributed by atoms with E-state index in [1.807, 2.05) is 67.4 Å². The van der Waals surface area contributed by atoms with Gasteiger partial charge >= 0.3 is 17.2 Å². The van der Waals surface area contributed by atoms with Crippen LogP contribution >= 0.6 is 11.8 Å². The van der Waals surface area contributed by atoms with Crippen LogP contribution in [-0.2, 0) is 39.8 Å². The number of carboxylic acid groups (broad SMARTS) is 1. The number of thioether (sulfide) groups is 1. The molecule has 0 spiro atoms. The second kappa shape index (κ2) is 14.3. The summed E-state index contributed by atoms with van der Waals surface area (Å²) in [5.41, 5.74) is 3.04. The predicted molar refractivity (Wildman–Crippen MR) is 137 cm³/mol. The van der Waals surface area contributed by atoms with Crippen LogP contribution in [0.2, 0.25) is 0 Å². The van der Waals surface area contributed by atoms with Crippen molar-refractivity contribution in [1.82, 2.24) is 14.8 Å². The Hall–Kier alpha value is -2.86. The number of likely N-dealkylation sites (tertiary alicyclic amines) is 1. The molecule has 38 heavy (non-hydrogen) atoms. The number of hydrogen-bond acceptors (Lipinski definition) is 6. The molecule has 1 saturated heterocycles. The van der Waals surface area contributed by atoms with E-state index in [9.17, 15) is 24.3 Å². The van der Waals surface area contributed by atoms with Gasteiger partial charge in [-0.15, -0.1) is 0 Å². The number of carbonyl (C=O) groups is 4. The molecule has 0 radical (unpaired) electrons. The van der Waals surface area contributed by atoms with Crippen LogP contribution in [0.4, 0.5) is 4.79 Å². The first-order chi connectivity index (χ1) is 17.6. The number of aliphatic carboxylic acids is 1. The minimum atomic E-state index is -1.22. The van der Waals surface area contributed by atoms with Crippen LogP contribution in [0.5, 0.6) is 0 Å². The zero-order valence-electron chi connectivity index (χ0n) is 22.1. The third-order valence-electron chi connectivity index (χ3n) is 6.79. The van der Waals surface area contributed by atoms with Gasteiger partial charge in [0.25, 0.3) is 0 Å². The van der Waals surface area contributed by atoms with Crippen molar-refractivity contribution in [2.24, 2.45) is 14.1 Å². The average molecular weight is 612 g/mol. The highest BCUT2D eigenvalue weighted by Crippen LogP contribution is 2.21. The molecule has 208 valence electrons. The number of amides is 2. The van der Waals surface area contributed by atoms with Crippen LogP contribution in [0.15, 0.2) is 35.5 Å². The van der Waals surface area contributed by atoms with E-state index in [0.29, 0.717) is 19.4 Å². The first kappa shape index (κ1) is 31.4. The molecule has 0 bridgehead atoms. The Balaban J connectivity index is 0.00000507. The summed E-state index contributed by atoms with van der Waals surface area (Å²) in [5.74, 6) is -1.67. The highest BCUT2D eigenvalue weighted by Gasteiger charge is 2.37. The quantitative estimate of drug-likeness (QED) is 0.254. The summed E-state index contributed by atoms with van der Waals surface area (Å²) in [5, 5.41) is 13.1. The Bertz CT molecular complexity index is 1130. The number of hydrogen-bond donors (Lipinski definition) is 2. The lowest BCUT2D eigenvalue weighted by Gasteiger charge is -2.25. The van der Waals surface area contributed by atoms with Crippen molar-refractivity contribution < 1.29 is 50.6 Å². The molecule has 10 nitrogen and oxygen atoms in total. The van der Waals surface area contributed by atoms with Gasteiger partial charge in [0.1, 0.15) is 35.9 Å². The zero-order valence-corrected chi connectivity index (χ0v) is 24.5. The lowest BCUT2D eigenvalue weighted by atomic mass is 10.1. The molecule has 1 aliphatic rings. The summed E-state index contributed by atoms with van der Waals surface area (Å²) >= 11 is 1.40. The summed E-state index contributed by atoms with van der Waals surface area (Å²) in [4.78, 5) is 51.1. The number of carbonyl (C=O) groups excluding carboxylic acids is 3. The van der Waals surface area contributed by atoms with Crippen LogP contribution in [0.25, 0.3) is 0 Å². The van der Waals surface area contributed by atoms with Crippen LogP contribution in [0, 0.1) is 13.8 Å². The Morgan fingerprint density at radius 1 is 1.21 bits per heavy atom. The maximum Gasteiger partial charge on any atom is 0.410 e. The van der Waals surface area contributed by atoms with Crippen LogP contribution in [-0.4, -0.2) is 62.7 Å². The van der Waals surface area contributed by atoms with Gasteiger partial charge < -0.3 is 32.1 Å². The Morgan fingerprint density at radius 2 is 1.89 bits per heavy atom. The zero-order chi connectivity index (χ0) is 27.1. The number of ether oxygens (including phenoxy) is 1. The highest BCUT2D eigenvalue weighted by molar-refractivity contribution is 7.99. The largest absolute Gasteiger partial charge is 1.00 e. The average Bonchev–Trinajstić information content (AvgIpc) is 3.45. The number of rotatable bonds is 11. The van der Waals surface area contributed by atoms with E-state index in [4.69, 9.17) is 4.74 Å². The highest BCUT2D eigenvalue weighted by atomic mass is 79.9. The molecule has 2 heterocycles. The maximum atomic E-state index is 12.9. The van der Waals surface area contributed by atoms with E-state index in [1.165, 1.54) is 16.7 Å². The minimum Gasteiger partial charge on any atom is -1.00 e. The molecule has 1 aromatic carbocycles. The van der Waals surface area contributed by atoms with E-state index in [2.05, 4.69) is 5.32 Å². The van der Waals surface area contributed by atoms with Gasteiger partial charge in [0.05, 0.1) is 19.8 Å². The van der Waals surface area contributed by atoms with Gasteiger partial charge in [0.15, 0.2) is 0 Å². The summed E-state index contributed by atoms with van der Waals surface area (Å²) in [6, 6.07) is 7.19. The minimum absolute atomic E-state index is 0. The molecule has 2 N–H and O–H groups in total. The molecule has 2 atom stereocenters. The molecule has 1 aromatic heterocycles. The maximum absolute atomic E-state index is 12.9.